The van der Waals surface area contributed by atoms with Gasteiger partial charge in [0.05, 0.1) is 30.8 Å². The minimum atomic E-state index is 0.317. The van der Waals surface area contributed by atoms with Gasteiger partial charge in [-0.25, -0.2) is 4.98 Å². The van der Waals surface area contributed by atoms with Gasteiger partial charge >= 0.3 is 0 Å². The molecule has 2 heterocycles. The van der Waals surface area contributed by atoms with Gasteiger partial charge in [-0.2, -0.15) is 0 Å². The summed E-state index contributed by atoms with van der Waals surface area (Å²) in [5.74, 6) is 1.88. The number of methoxy groups -OCH3 is 1. The highest BCUT2D eigenvalue weighted by atomic mass is 16.5. The highest BCUT2D eigenvalue weighted by molar-refractivity contribution is 5.74. The van der Waals surface area contributed by atoms with E-state index in [1.165, 1.54) is 5.56 Å². The Labute approximate surface area is 153 Å². The predicted molar refractivity (Wildman–Crippen MR) is 102 cm³/mol. The molecule has 0 amide bonds. The molecule has 1 atom stereocenters. The van der Waals surface area contributed by atoms with Crippen LogP contribution in [0.2, 0.25) is 0 Å². The molecule has 0 spiro atoms. The zero-order valence-electron chi connectivity index (χ0n) is 15.1. The van der Waals surface area contributed by atoms with Crippen LogP contribution in [-0.2, 0) is 17.8 Å². The van der Waals surface area contributed by atoms with Crippen molar-refractivity contribution in [2.24, 2.45) is 0 Å². The van der Waals surface area contributed by atoms with Crippen molar-refractivity contribution in [3.05, 3.63) is 59.9 Å². The lowest BCUT2D eigenvalue weighted by atomic mass is 10.1. The maximum Gasteiger partial charge on any atom is 0.121 e. The van der Waals surface area contributed by atoms with Crippen LogP contribution in [0.1, 0.15) is 24.2 Å². The molecular weight excluding hydrogens is 326 g/mol. The average Bonchev–Trinajstić information content (AvgIpc) is 3.31. The number of fused-ring (bicyclic) bond motifs is 1. The Morgan fingerprint density at radius 3 is 2.73 bits per heavy atom. The number of aromatic nitrogens is 2. The number of imidazole rings is 1. The number of hydrogen-bond donors (Lipinski definition) is 1. The summed E-state index contributed by atoms with van der Waals surface area (Å²) in [6, 6.07) is 16.4. The maximum absolute atomic E-state index is 5.86. The maximum atomic E-state index is 5.86. The van der Waals surface area contributed by atoms with Crippen LogP contribution in [0.3, 0.4) is 0 Å². The largest absolute Gasteiger partial charge is 0.497 e. The molecule has 0 bridgehead atoms. The molecule has 1 aromatic heterocycles. The summed E-state index contributed by atoms with van der Waals surface area (Å²) in [4.78, 5) is 10.6. The van der Waals surface area contributed by atoms with Gasteiger partial charge in [0.15, 0.2) is 0 Å². The summed E-state index contributed by atoms with van der Waals surface area (Å²) in [6.45, 7) is 3.44. The van der Waals surface area contributed by atoms with Crippen molar-refractivity contribution in [1.29, 1.82) is 0 Å². The highest BCUT2D eigenvalue weighted by Gasteiger charge is 2.20. The van der Waals surface area contributed by atoms with Crippen molar-refractivity contribution in [3.63, 3.8) is 0 Å². The molecule has 2 aromatic carbocycles. The smallest absolute Gasteiger partial charge is 0.121 e. The lowest BCUT2D eigenvalue weighted by Crippen LogP contribution is -2.31. The van der Waals surface area contributed by atoms with Crippen LogP contribution >= 0.6 is 0 Å². The summed E-state index contributed by atoms with van der Waals surface area (Å²) < 4.78 is 11.1. The van der Waals surface area contributed by atoms with E-state index in [2.05, 4.69) is 28.1 Å². The third-order valence-corrected chi connectivity index (χ3v) is 4.86. The van der Waals surface area contributed by atoms with Crippen molar-refractivity contribution in [3.8, 4) is 5.75 Å². The molecule has 26 heavy (non-hydrogen) atoms. The molecule has 5 heteroatoms. The Hall–Kier alpha value is -2.37. The molecule has 1 N–H and O–H groups in total. The van der Waals surface area contributed by atoms with Crippen LogP contribution in [0.5, 0.6) is 5.75 Å². The number of aromatic amines is 1. The first kappa shape index (κ1) is 17.1. The van der Waals surface area contributed by atoms with Crippen LogP contribution in [-0.4, -0.2) is 41.2 Å². The van der Waals surface area contributed by atoms with E-state index in [1.807, 2.05) is 30.3 Å². The molecule has 1 aliphatic heterocycles. The number of rotatable bonds is 7. The zero-order valence-corrected chi connectivity index (χ0v) is 15.1. The molecule has 136 valence electrons. The van der Waals surface area contributed by atoms with Gasteiger partial charge in [0, 0.05) is 19.7 Å². The number of nitrogens with zero attached hydrogens (tertiary/aromatic N) is 2. The molecule has 1 aliphatic rings. The molecule has 1 fully saturated rings. The molecule has 1 unspecified atom stereocenters. The van der Waals surface area contributed by atoms with Crippen LogP contribution in [0.25, 0.3) is 11.0 Å². The molecule has 1 saturated heterocycles. The first-order chi connectivity index (χ1) is 12.8. The normalized spacial score (nSPS) is 17.2. The summed E-state index contributed by atoms with van der Waals surface area (Å²) >= 11 is 0. The van der Waals surface area contributed by atoms with Crippen molar-refractivity contribution in [1.82, 2.24) is 14.9 Å². The third kappa shape index (κ3) is 4.06. The van der Waals surface area contributed by atoms with Crippen molar-refractivity contribution >= 4 is 11.0 Å². The van der Waals surface area contributed by atoms with Gasteiger partial charge in [0.1, 0.15) is 11.6 Å². The van der Waals surface area contributed by atoms with Crippen LogP contribution < -0.4 is 4.74 Å². The van der Waals surface area contributed by atoms with Gasteiger partial charge in [-0.15, -0.1) is 0 Å². The first-order valence-electron chi connectivity index (χ1n) is 9.20. The topological polar surface area (TPSA) is 50.4 Å². The molecular formula is C21H25N3O2. The van der Waals surface area contributed by atoms with E-state index in [4.69, 9.17) is 14.5 Å². The second kappa shape index (κ2) is 7.89. The van der Waals surface area contributed by atoms with Crippen molar-refractivity contribution in [2.75, 3.05) is 20.3 Å². The lowest BCUT2D eigenvalue weighted by Gasteiger charge is -2.24. The molecule has 0 radical (unpaired) electrons. The fraction of sp³-hybridized carbons (Fsp3) is 0.381. The number of ether oxygens (including phenoxy) is 2. The number of benzene rings is 2. The average molecular weight is 351 g/mol. The fourth-order valence-electron chi connectivity index (χ4n) is 3.54. The van der Waals surface area contributed by atoms with Gasteiger partial charge in [-0.3, -0.25) is 4.90 Å². The summed E-state index contributed by atoms with van der Waals surface area (Å²) in [6.07, 6.45) is 2.61. The SMILES string of the molecule is COc1ccc(CN(Cc2nc3ccccc3[nH]2)CC2CCCO2)cc1. The highest BCUT2D eigenvalue weighted by Crippen LogP contribution is 2.19. The number of H-pyrrole nitrogens is 1. The van der Waals surface area contributed by atoms with E-state index in [1.54, 1.807) is 7.11 Å². The van der Waals surface area contributed by atoms with Gasteiger partial charge in [0.2, 0.25) is 0 Å². The minimum absolute atomic E-state index is 0.317. The van der Waals surface area contributed by atoms with E-state index in [0.29, 0.717) is 6.10 Å². The van der Waals surface area contributed by atoms with Crippen LogP contribution in [0.15, 0.2) is 48.5 Å². The quantitative estimate of drug-likeness (QED) is 0.704. The van der Waals surface area contributed by atoms with E-state index >= 15 is 0 Å². The zero-order chi connectivity index (χ0) is 17.8. The standard InChI is InChI=1S/C21H25N3O2/c1-25-17-10-8-16(9-11-17)13-24(14-18-5-4-12-26-18)15-21-22-19-6-2-3-7-20(19)23-21/h2-3,6-11,18H,4-5,12-15H2,1H3,(H,22,23). The van der Waals surface area contributed by atoms with Crippen molar-refractivity contribution < 1.29 is 9.47 Å². The van der Waals surface area contributed by atoms with E-state index in [0.717, 1.165) is 61.7 Å². The Morgan fingerprint density at radius 1 is 1.15 bits per heavy atom. The molecule has 0 aliphatic carbocycles. The predicted octanol–water partition coefficient (Wildman–Crippen LogP) is 3.75. The van der Waals surface area contributed by atoms with Gasteiger partial charge < -0.3 is 14.5 Å². The Kier molecular flexibility index (Phi) is 5.18. The summed E-state index contributed by atoms with van der Waals surface area (Å²) in [7, 11) is 1.69. The summed E-state index contributed by atoms with van der Waals surface area (Å²) in [5, 5.41) is 0. The third-order valence-electron chi connectivity index (χ3n) is 4.86. The van der Waals surface area contributed by atoms with Crippen LogP contribution in [0.4, 0.5) is 0 Å². The molecule has 4 rings (SSSR count). The first-order valence-corrected chi connectivity index (χ1v) is 9.20. The lowest BCUT2D eigenvalue weighted by molar-refractivity contribution is 0.0671. The van der Waals surface area contributed by atoms with Crippen LogP contribution in [0, 0.1) is 0 Å². The van der Waals surface area contributed by atoms with Gasteiger partial charge in [-0.05, 0) is 42.7 Å². The second-order valence-corrected chi connectivity index (χ2v) is 6.85. The molecule has 0 saturated carbocycles. The monoisotopic (exact) mass is 351 g/mol. The minimum Gasteiger partial charge on any atom is -0.497 e. The number of hydrogen-bond acceptors (Lipinski definition) is 4. The van der Waals surface area contributed by atoms with E-state index < -0.39 is 0 Å². The summed E-state index contributed by atoms with van der Waals surface area (Å²) in [5.41, 5.74) is 3.37. The Bertz CT molecular complexity index is 805. The van der Waals surface area contributed by atoms with Gasteiger partial charge in [0.25, 0.3) is 0 Å². The Morgan fingerprint density at radius 2 is 2.00 bits per heavy atom. The fourth-order valence-corrected chi connectivity index (χ4v) is 3.54. The number of para-hydroxylation sites is 2. The molecule has 5 nitrogen and oxygen atoms in total. The van der Waals surface area contributed by atoms with E-state index in [9.17, 15) is 0 Å². The molecule has 3 aromatic rings. The van der Waals surface area contributed by atoms with E-state index in [-0.39, 0.29) is 0 Å². The Balaban J connectivity index is 1.50. The second-order valence-electron chi connectivity index (χ2n) is 6.85. The number of nitrogens with one attached hydrogen (secondary N) is 1. The van der Waals surface area contributed by atoms with Crippen molar-refractivity contribution in [2.45, 2.75) is 32.0 Å². The van der Waals surface area contributed by atoms with Gasteiger partial charge in [-0.1, -0.05) is 24.3 Å².